The normalized spacial score (nSPS) is 14.2. The molecular formula is C28H23Cl3N2O5S. The van der Waals surface area contributed by atoms with Crippen LogP contribution in [0.5, 0.6) is 11.5 Å². The van der Waals surface area contributed by atoms with Crippen molar-refractivity contribution < 1.29 is 23.9 Å². The van der Waals surface area contributed by atoms with E-state index in [4.69, 9.17) is 44.3 Å². The minimum absolute atomic E-state index is 0.0657. The van der Waals surface area contributed by atoms with Crippen LogP contribution in [0.3, 0.4) is 0 Å². The van der Waals surface area contributed by atoms with Crippen LogP contribution in [-0.4, -0.2) is 35.2 Å². The molecule has 0 atom stereocenters. The molecule has 1 N–H and O–H groups in total. The van der Waals surface area contributed by atoms with E-state index < -0.39 is 17.1 Å². The Bertz CT molecular complexity index is 1480. The van der Waals surface area contributed by atoms with Crippen molar-refractivity contribution in [1.29, 1.82) is 0 Å². The maximum absolute atomic E-state index is 13.0. The summed E-state index contributed by atoms with van der Waals surface area (Å²) in [5.74, 6) is -0.380. The summed E-state index contributed by atoms with van der Waals surface area (Å²) in [5.41, 5.74) is 2.62. The number of anilines is 1. The minimum Gasteiger partial charge on any atom is -0.490 e. The number of nitrogens with zero attached hydrogens (tertiary/aromatic N) is 1. The summed E-state index contributed by atoms with van der Waals surface area (Å²) < 4.78 is 11.4. The molecule has 1 heterocycles. The van der Waals surface area contributed by atoms with Crippen LogP contribution in [0.1, 0.15) is 23.6 Å². The Kier molecular flexibility index (Phi) is 9.45. The number of imide groups is 1. The number of rotatable bonds is 9. The van der Waals surface area contributed by atoms with Crippen molar-refractivity contribution in [3.63, 3.8) is 0 Å². The van der Waals surface area contributed by atoms with Crippen molar-refractivity contribution in [2.45, 2.75) is 20.4 Å². The molecule has 4 rings (SSSR count). The number of aryl methyl sites for hydroxylation is 1. The Morgan fingerprint density at radius 1 is 1.00 bits per heavy atom. The van der Waals surface area contributed by atoms with E-state index >= 15 is 0 Å². The van der Waals surface area contributed by atoms with Crippen molar-refractivity contribution in [2.75, 3.05) is 18.5 Å². The lowest BCUT2D eigenvalue weighted by molar-refractivity contribution is -0.123. The number of nitrogens with one attached hydrogen (secondary N) is 1. The zero-order chi connectivity index (χ0) is 28.1. The molecule has 3 amide bonds. The zero-order valence-corrected chi connectivity index (χ0v) is 24.0. The number of halogens is 3. The van der Waals surface area contributed by atoms with Crippen LogP contribution in [0.2, 0.25) is 15.1 Å². The second kappa shape index (κ2) is 12.8. The summed E-state index contributed by atoms with van der Waals surface area (Å²) in [7, 11) is 0. The van der Waals surface area contributed by atoms with Crippen LogP contribution < -0.4 is 14.8 Å². The van der Waals surface area contributed by atoms with Crippen LogP contribution in [-0.2, 0) is 16.1 Å². The molecule has 1 saturated heterocycles. The van der Waals surface area contributed by atoms with E-state index in [1.54, 1.807) is 67.6 Å². The van der Waals surface area contributed by atoms with Crippen LogP contribution >= 0.6 is 46.6 Å². The lowest BCUT2D eigenvalue weighted by Crippen LogP contribution is -2.27. The molecule has 0 radical (unpaired) electrons. The monoisotopic (exact) mass is 604 g/mol. The smallest absolute Gasteiger partial charge is 0.293 e. The molecule has 0 unspecified atom stereocenters. The molecule has 0 aromatic heterocycles. The highest BCUT2D eigenvalue weighted by atomic mass is 35.5. The Balaban J connectivity index is 1.49. The topological polar surface area (TPSA) is 84.9 Å². The standard InChI is InChI=1S/C28H23Cl3N2O5S/c1-3-37-23-11-17(12-24-27(35)33(28(36)39-24)14-18-6-4-5-7-20(18)29)10-22(31)26(23)38-15-25(34)32-19-9-8-16(2)21(30)13-19/h4-13H,3,14-15H2,1-2H3,(H,32,34)/b24-12-. The van der Waals surface area contributed by atoms with E-state index in [1.807, 2.05) is 6.92 Å². The number of benzene rings is 3. The minimum atomic E-state index is -0.438. The maximum atomic E-state index is 13.0. The van der Waals surface area contributed by atoms with Crippen LogP contribution in [0.25, 0.3) is 6.08 Å². The van der Waals surface area contributed by atoms with Gasteiger partial charge >= 0.3 is 0 Å². The van der Waals surface area contributed by atoms with Gasteiger partial charge in [-0.2, -0.15) is 0 Å². The fourth-order valence-electron chi connectivity index (χ4n) is 3.66. The molecule has 1 fully saturated rings. The van der Waals surface area contributed by atoms with E-state index in [1.165, 1.54) is 0 Å². The van der Waals surface area contributed by atoms with Crippen molar-refractivity contribution in [2.24, 2.45) is 0 Å². The van der Waals surface area contributed by atoms with Gasteiger partial charge < -0.3 is 14.8 Å². The molecule has 202 valence electrons. The van der Waals surface area contributed by atoms with Crippen LogP contribution in [0, 0.1) is 6.92 Å². The first-order valence-corrected chi connectivity index (χ1v) is 13.7. The van der Waals surface area contributed by atoms with Gasteiger partial charge in [-0.15, -0.1) is 0 Å². The summed E-state index contributed by atoms with van der Waals surface area (Å²) in [6.45, 7) is 3.70. The van der Waals surface area contributed by atoms with Crippen LogP contribution in [0.4, 0.5) is 10.5 Å². The number of thioether (sulfide) groups is 1. The molecule has 39 heavy (non-hydrogen) atoms. The van der Waals surface area contributed by atoms with Gasteiger partial charge in [0.1, 0.15) is 0 Å². The number of amides is 3. The Labute approximate surface area is 245 Å². The SMILES string of the molecule is CCOc1cc(/C=C2\SC(=O)N(Cc3ccccc3Cl)C2=O)cc(Cl)c1OCC(=O)Nc1ccc(C)c(Cl)c1. The van der Waals surface area contributed by atoms with Gasteiger partial charge in [-0.05, 0) is 78.7 Å². The fourth-order valence-corrected chi connectivity index (χ4v) is 5.15. The van der Waals surface area contributed by atoms with Gasteiger partial charge in [0.05, 0.1) is 23.1 Å². The molecule has 1 aliphatic rings. The highest BCUT2D eigenvalue weighted by molar-refractivity contribution is 8.18. The summed E-state index contributed by atoms with van der Waals surface area (Å²) in [6, 6.07) is 15.4. The fraction of sp³-hybridized carbons (Fsp3) is 0.179. The molecule has 3 aromatic carbocycles. The number of hydrogen-bond donors (Lipinski definition) is 1. The quantitative estimate of drug-likeness (QED) is 0.253. The van der Waals surface area contributed by atoms with E-state index in [0.717, 1.165) is 22.2 Å². The van der Waals surface area contributed by atoms with E-state index in [2.05, 4.69) is 5.32 Å². The van der Waals surface area contributed by atoms with Crippen molar-refractivity contribution in [1.82, 2.24) is 4.90 Å². The van der Waals surface area contributed by atoms with E-state index in [0.29, 0.717) is 33.5 Å². The summed E-state index contributed by atoms with van der Waals surface area (Å²) in [6.07, 6.45) is 1.56. The first-order chi connectivity index (χ1) is 18.7. The number of carbonyl (C=O) groups is 3. The second-order valence-corrected chi connectivity index (χ2v) is 10.6. The van der Waals surface area contributed by atoms with E-state index in [9.17, 15) is 14.4 Å². The maximum Gasteiger partial charge on any atom is 0.293 e. The van der Waals surface area contributed by atoms with Gasteiger partial charge in [0, 0.05) is 15.7 Å². The molecule has 11 heteroatoms. The largest absolute Gasteiger partial charge is 0.490 e. The summed E-state index contributed by atoms with van der Waals surface area (Å²) in [4.78, 5) is 39.4. The van der Waals surface area contributed by atoms with Gasteiger partial charge in [0.15, 0.2) is 18.1 Å². The summed E-state index contributed by atoms with van der Waals surface area (Å²) in [5, 5.41) is 3.50. The van der Waals surface area contributed by atoms with Crippen LogP contribution in [0.15, 0.2) is 59.5 Å². The number of carbonyl (C=O) groups excluding carboxylic acids is 3. The predicted octanol–water partition coefficient (Wildman–Crippen LogP) is 7.61. The third-order valence-corrected chi connectivity index (χ3v) is 7.56. The molecule has 0 saturated carbocycles. The lowest BCUT2D eigenvalue weighted by Gasteiger charge is -2.15. The molecule has 0 spiro atoms. The average molecular weight is 606 g/mol. The van der Waals surface area contributed by atoms with Crippen molar-refractivity contribution in [3.05, 3.63) is 91.3 Å². The highest BCUT2D eigenvalue weighted by Gasteiger charge is 2.35. The molecule has 1 aliphatic heterocycles. The first kappa shape index (κ1) is 28.8. The van der Waals surface area contributed by atoms with Crippen molar-refractivity contribution in [3.8, 4) is 11.5 Å². The Morgan fingerprint density at radius 3 is 2.49 bits per heavy atom. The van der Waals surface area contributed by atoms with E-state index in [-0.39, 0.29) is 34.6 Å². The van der Waals surface area contributed by atoms with Gasteiger partial charge in [0.2, 0.25) is 0 Å². The lowest BCUT2D eigenvalue weighted by atomic mass is 10.1. The van der Waals surface area contributed by atoms with Gasteiger partial charge in [-0.25, -0.2) is 0 Å². The van der Waals surface area contributed by atoms with Crippen molar-refractivity contribution >= 4 is 75.4 Å². The van der Waals surface area contributed by atoms with Gasteiger partial charge in [0.25, 0.3) is 17.1 Å². The Hall–Kier alpha value is -3.17. The zero-order valence-electron chi connectivity index (χ0n) is 20.9. The highest BCUT2D eigenvalue weighted by Crippen LogP contribution is 2.39. The summed E-state index contributed by atoms with van der Waals surface area (Å²) >= 11 is 19.6. The molecule has 3 aromatic rings. The number of ether oxygens (including phenoxy) is 2. The Morgan fingerprint density at radius 2 is 1.77 bits per heavy atom. The average Bonchev–Trinajstić information content (AvgIpc) is 3.14. The third kappa shape index (κ3) is 7.08. The predicted molar refractivity (Wildman–Crippen MR) is 156 cm³/mol. The second-order valence-electron chi connectivity index (χ2n) is 8.42. The molecule has 0 aliphatic carbocycles. The third-order valence-electron chi connectivity index (χ3n) is 5.59. The van der Waals surface area contributed by atoms with Gasteiger partial charge in [-0.1, -0.05) is 59.1 Å². The number of hydrogen-bond acceptors (Lipinski definition) is 6. The van der Waals surface area contributed by atoms with Gasteiger partial charge in [-0.3, -0.25) is 19.3 Å². The first-order valence-electron chi connectivity index (χ1n) is 11.8. The molecule has 0 bridgehead atoms. The molecule has 7 nitrogen and oxygen atoms in total. The molecular weight excluding hydrogens is 583 g/mol.